The molecule has 2 heterocycles. The van der Waals surface area contributed by atoms with Crippen LogP contribution >= 0.6 is 0 Å². The lowest BCUT2D eigenvalue weighted by Gasteiger charge is -2.40. The van der Waals surface area contributed by atoms with E-state index in [1.807, 2.05) is 6.92 Å². The van der Waals surface area contributed by atoms with Gasteiger partial charge in [-0.3, -0.25) is 9.58 Å². The number of nitrogens with one attached hydrogen (secondary N) is 1. The van der Waals surface area contributed by atoms with E-state index in [2.05, 4.69) is 10.4 Å². The summed E-state index contributed by atoms with van der Waals surface area (Å²) < 4.78 is 1.66. The van der Waals surface area contributed by atoms with E-state index in [1.54, 1.807) is 17.9 Å². The fourth-order valence-corrected chi connectivity index (χ4v) is 2.58. The highest BCUT2D eigenvalue weighted by Gasteiger charge is 2.37. The monoisotopic (exact) mass is 253 g/mol. The van der Waals surface area contributed by atoms with Gasteiger partial charge in [0.05, 0.1) is 23.6 Å². The van der Waals surface area contributed by atoms with E-state index >= 15 is 0 Å². The molecule has 18 heavy (non-hydrogen) atoms. The lowest BCUT2D eigenvalue weighted by Crippen LogP contribution is -2.54. The Morgan fingerprint density at radius 2 is 2.44 bits per heavy atom. The molecule has 0 aliphatic carbocycles. The number of piperazine rings is 1. The second-order valence-corrected chi connectivity index (χ2v) is 4.50. The molecule has 7 heteroatoms. The first-order chi connectivity index (χ1) is 8.56. The average Bonchev–Trinajstić information content (AvgIpc) is 2.68. The van der Waals surface area contributed by atoms with Crippen LogP contribution in [0.5, 0.6) is 0 Å². The average molecular weight is 253 g/mol. The van der Waals surface area contributed by atoms with E-state index in [1.165, 1.54) is 4.90 Å². The number of aromatic nitrogens is 2. The van der Waals surface area contributed by atoms with Gasteiger partial charge in [0.2, 0.25) is 0 Å². The zero-order valence-corrected chi connectivity index (χ0v) is 10.6. The molecular weight excluding hydrogens is 234 g/mol. The van der Waals surface area contributed by atoms with E-state index < -0.39 is 6.09 Å². The van der Waals surface area contributed by atoms with E-state index in [4.69, 9.17) is 5.73 Å². The molecule has 2 atom stereocenters. The van der Waals surface area contributed by atoms with Crippen LogP contribution in [0.3, 0.4) is 0 Å². The normalized spacial score (nSPS) is 24.2. The van der Waals surface area contributed by atoms with Crippen LogP contribution in [0.2, 0.25) is 0 Å². The van der Waals surface area contributed by atoms with E-state index in [9.17, 15) is 9.90 Å². The van der Waals surface area contributed by atoms with Crippen molar-refractivity contribution in [3.05, 3.63) is 11.9 Å². The summed E-state index contributed by atoms with van der Waals surface area (Å²) in [6.07, 6.45) is 1.48. The Morgan fingerprint density at radius 1 is 1.72 bits per heavy atom. The van der Waals surface area contributed by atoms with Crippen molar-refractivity contribution in [1.82, 2.24) is 20.0 Å². The summed E-state index contributed by atoms with van der Waals surface area (Å²) in [5.74, 6) is 0. The highest BCUT2D eigenvalue weighted by Crippen LogP contribution is 2.31. The van der Waals surface area contributed by atoms with Gasteiger partial charge >= 0.3 is 6.09 Å². The Labute approximate surface area is 106 Å². The fraction of sp³-hybridized carbons (Fsp3) is 0.636. The second-order valence-electron chi connectivity index (χ2n) is 4.50. The molecule has 0 spiro atoms. The Bertz CT molecular complexity index is 425. The van der Waals surface area contributed by atoms with Crippen molar-refractivity contribution in [3.63, 3.8) is 0 Å². The molecule has 2 unspecified atom stereocenters. The molecule has 7 nitrogen and oxygen atoms in total. The molecule has 2 rings (SSSR count). The number of carboxylic acid groups (broad SMARTS) is 1. The Morgan fingerprint density at radius 3 is 2.94 bits per heavy atom. The Hall–Kier alpha value is -1.76. The maximum Gasteiger partial charge on any atom is 0.407 e. The van der Waals surface area contributed by atoms with Crippen molar-refractivity contribution < 1.29 is 9.90 Å². The zero-order chi connectivity index (χ0) is 13.3. The van der Waals surface area contributed by atoms with Crippen molar-refractivity contribution in [3.8, 4) is 0 Å². The van der Waals surface area contributed by atoms with Gasteiger partial charge in [-0.1, -0.05) is 6.92 Å². The smallest absolute Gasteiger partial charge is 0.407 e. The molecule has 1 aromatic heterocycles. The number of amides is 1. The number of rotatable bonds is 2. The van der Waals surface area contributed by atoms with Crippen molar-refractivity contribution in [2.24, 2.45) is 7.05 Å². The van der Waals surface area contributed by atoms with Gasteiger partial charge in [-0.2, -0.15) is 5.10 Å². The third-order valence-corrected chi connectivity index (χ3v) is 3.46. The first kappa shape index (κ1) is 12.7. The van der Waals surface area contributed by atoms with Crippen LogP contribution < -0.4 is 11.1 Å². The predicted octanol–water partition coefficient (Wildman–Crippen LogP) is 0.405. The summed E-state index contributed by atoms with van der Waals surface area (Å²) in [6, 6.07) is -0.221. The summed E-state index contributed by atoms with van der Waals surface area (Å²) >= 11 is 0. The van der Waals surface area contributed by atoms with Crippen LogP contribution in [-0.4, -0.2) is 45.0 Å². The third kappa shape index (κ3) is 2.01. The minimum atomic E-state index is -0.916. The summed E-state index contributed by atoms with van der Waals surface area (Å²) in [7, 11) is 1.78. The maximum absolute atomic E-state index is 11.4. The van der Waals surface area contributed by atoms with Gasteiger partial charge in [0.1, 0.15) is 0 Å². The maximum atomic E-state index is 11.4. The summed E-state index contributed by atoms with van der Waals surface area (Å²) in [6.45, 7) is 3.16. The number of hydrogen-bond donors (Lipinski definition) is 3. The highest BCUT2D eigenvalue weighted by molar-refractivity contribution is 5.66. The standard InChI is InChI=1S/C11H19N5O2/c1-3-8-10(9-7(12)6-14-15(9)2)16(11(17)18)5-4-13-8/h6,8,10,13H,3-5,12H2,1-2H3,(H,17,18). The van der Waals surface area contributed by atoms with Gasteiger partial charge in [0.15, 0.2) is 0 Å². The number of nitrogens with two attached hydrogens (primary N) is 1. The summed E-state index contributed by atoms with van der Waals surface area (Å²) in [5, 5.41) is 16.8. The van der Waals surface area contributed by atoms with Gasteiger partial charge in [-0.15, -0.1) is 0 Å². The predicted molar refractivity (Wildman–Crippen MR) is 67.2 cm³/mol. The van der Waals surface area contributed by atoms with Gasteiger partial charge in [0.25, 0.3) is 0 Å². The number of anilines is 1. The van der Waals surface area contributed by atoms with Crippen LogP contribution in [0, 0.1) is 0 Å². The Kier molecular flexibility index (Phi) is 3.42. The van der Waals surface area contributed by atoms with Crippen molar-refractivity contribution in [2.45, 2.75) is 25.4 Å². The molecular formula is C11H19N5O2. The SMILES string of the molecule is CCC1NCCN(C(=O)O)C1c1c(N)cnn1C. The van der Waals surface area contributed by atoms with Crippen LogP contribution in [0.25, 0.3) is 0 Å². The highest BCUT2D eigenvalue weighted by atomic mass is 16.4. The summed E-state index contributed by atoms with van der Waals surface area (Å²) in [4.78, 5) is 12.8. The Balaban J connectivity index is 2.43. The van der Waals surface area contributed by atoms with Crippen LogP contribution in [0.4, 0.5) is 10.5 Å². The van der Waals surface area contributed by atoms with Crippen LogP contribution in [0.1, 0.15) is 25.1 Å². The summed E-state index contributed by atoms with van der Waals surface area (Å²) in [5.41, 5.74) is 7.22. The van der Waals surface area contributed by atoms with Crippen LogP contribution in [-0.2, 0) is 7.05 Å². The molecule has 1 saturated heterocycles. The molecule has 0 aromatic carbocycles. The quantitative estimate of drug-likeness (QED) is 0.709. The first-order valence-corrected chi connectivity index (χ1v) is 6.06. The molecule has 4 N–H and O–H groups in total. The third-order valence-electron chi connectivity index (χ3n) is 3.46. The number of aryl methyl sites for hydroxylation is 1. The number of carbonyl (C=O) groups is 1. The molecule has 1 amide bonds. The molecule has 0 bridgehead atoms. The topological polar surface area (TPSA) is 96.4 Å². The number of nitrogen functional groups attached to an aromatic ring is 1. The van der Waals surface area contributed by atoms with Gasteiger partial charge in [-0.05, 0) is 6.42 Å². The van der Waals surface area contributed by atoms with Crippen molar-refractivity contribution in [2.75, 3.05) is 18.8 Å². The lowest BCUT2D eigenvalue weighted by atomic mass is 9.97. The van der Waals surface area contributed by atoms with Crippen molar-refractivity contribution >= 4 is 11.8 Å². The van der Waals surface area contributed by atoms with Crippen molar-refractivity contribution in [1.29, 1.82) is 0 Å². The number of hydrogen-bond acceptors (Lipinski definition) is 4. The second kappa shape index (κ2) is 4.85. The zero-order valence-electron chi connectivity index (χ0n) is 10.6. The van der Waals surface area contributed by atoms with Crippen LogP contribution in [0.15, 0.2) is 6.20 Å². The first-order valence-electron chi connectivity index (χ1n) is 6.06. The van der Waals surface area contributed by atoms with Gasteiger partial charge < -0.3 is 16.2 Å². The largest absolute Gasteiger partial charge is 0.465 e. The van der Waals surface area contributed by atoms with E-state index in [0.29, 0.717) is 18.8 Å². The molecule has 1 aliphatic heterocycles. The molecule has 100 valence electrons. The van der Waals surface area contributed by atoms with E-state index in [0.717, 1.165) is 12.1 Å². The molecule has 0 saturated carbocycles. The molecule has 1 fully saturated rings. The molecule has 1 aromatic rings. The van der Waals surface area contributed by atoms with Gasteiger partial charge in [-0.25, -0.2) is 4.79 Å². The molecule has 0 radical (unpaired) electrons. The minimum absolute atomic E-state index is 0.0625. The fourth-order valence-electron chi connectivity index (χ4n) is 2.58. The lowest BCUT2D eigenvalue weighted by molar-refractivity contribution is 0.0890. The number of nitrogens with zero attached hydrogens (tertiary/aromatic N) is 3. The van der Waals surface area contributed by atoms with Gasteiger partial charge in [0, 0.05) is 26.2 Å². The molecule has 1 aliphatic rings. The van der Waals surface area contributed by atoms with E-state index in [-0.39, 0.29) is 12.1 Å². The minimum Gasteiger partial charge on any atom is -0.465 e.